The van der Waals surface area contributed by atoms with Gasteiger partial charge < -0.3 is 15.5 Å². The lowest BCUT2D eigenvalue weighted by molar-refractivity contribution is 0.116. The molecule has 0 radical (unpaired) electrons. The highest BCUT2D eigenvalue weighted by Gasteiger charge is 2.25. The Kier molecular flexibility index (Phi) is 4.38. The van der Waals surface area contributed by atoms with Gasteiger partial charge in [-0.1, -0.05) is 18.9 Å². The van der Waals surface area contributed by atoms with Crippen LogP contribution in [0, 0.1) is 5.82 Å². The summed E-state index contributed by atoms with van der Waals surface area (Å²) in [6, 6.07) is 5.78. The van der Waals surface area contributed by atoms with E-state index >= 15 is 0 Å². The third kappa shape index (κ3) is 2.94. The number of aromatic hydroxyl groups is 1. The van der Waals surface area contributed by atoms with E-state index in [2.05, 4.69) is 20.5 Å². The Hall–Kier alpha value is -2.80. The topological polar surface area (TPSA) is 91.2 Å². The molecule has 1 fully saturated rings. The highest BCUT2D eigenvalue weighted by molar-refractivity contribution is 6.00. The SMILES string of the molecule is Oc1cccc(F)c1-c1nnc(N[C@H]2CCCC[C@@H]2O)c2ccncc12. The summed E-state index contributed by atoms with van der Waals surface area (Å²) in [6.45, 7) is 0. The zero-order valence-electron chi connectivity index (χ0n) is 14.1. The van der Waals surface area contributed by atoms with E-state index in [0.29, 0.717) is 16.6 Å². The molecule has 0 amide bonds. The van der Waals surface area contributed by atoms with Gasteiger partial charge in [0.25, 0.3) is 0 Å². The van der Waals surface area contributed by atoms with Crippen LogP contribution in [0.15, 0.2) is 36.7 Å². The van der Waals surface area contributed by atoms with Gasteiger partial charge in [-0.05, 0) is 31.0 Å². The fraction of sp³-hybridized carbons (Fsp3) is 0.316. The summed E-state index contributed by atoms with van der Waals surface area (Å²) in [7, 11) is 0. The molecule has 0 saturated heterocycles. The summed E-state index contributed by atoms with van der Waals surface area (Å²) < 4.78 is 14.3. The first-order valence-electron chi connectivity index (χ1n) is 8.68. The number of pyridine rings is 1. The molecule has 4 rings (SSSR count). The van der Waals surface area contributed by atoms with Crippen molar-refractivity contribution in [2.45, 2.75) is 37.8 Å². The number of hydrogen-bond donors (Lipinski definition) is 3. The lowest BCUT2D eigenvalue weighted by Crippen LogP contribution is -2.36. The van der Waals surface area contributed by atoms with Gasteiger partial charge in [-0.15, -0.1) is 10.2 Å². The first kappa shape index (κ1) is 16.7. The molecule has 7 heteroatoms. The standard InChI is InChI=1S/C19H19FN4O2/c20-13-4-3-7-16(26)17(13)18-12-10-21-9-8-11(12)19(24-23-18)22-14-5-1-2-6-15(14)25/h3-4,7-10,14-15,25-26H,1-2,5-6H2,(H,22,24)/t14-,15-/m0/s1. The van der Waals surface area contributed by atoms with Crippen molar-refractivity contribution in [2.24, 2.45) is 0 Å². The molecule has 1 aromatic carbocycles. The van der Waals surface area contributed by atoms with Crippen molar-refractivity contribution in [1.82, 2.24) is 15.2 Å². The maximum Gasteiger partial charge on any atom is 0.157 e. The van der Waals surface area contributed by atoms with Gasteiger partial charge >= 0.3 is 0 Å². The Bertz CT molecular complexity index is 930. The van der Waals surface area contributed by atoms with Gasteiger partial charge in [0, 0.05) is 23.2 Å². The number of anilines is 1. The molecule has 0 unspecified atom stereocenters. The van der Waals surface area contributed by atoms with Crippen molar-refractivity contribution in [2.75, 3.05) is 5.32 Å². The van der Waals surface area contributed by atoms with Gasteiger partial charge in [0.2, 0.25) is 0 Å². The van der Waals surface area contributed by atoms with Crippen molar-refractivity contribution in [3.63, 3.8) is 0 Å². The molecule has 2 aromatic heterocycles. The largest absolute Gasteiger partial charge is 0.507 e. The Balaban J connectivity index is 1.81. The van der Waals surface area contributed by atoms with Gasteiger partial charge in [0.1, 0.15) is 17.3 Å². The van der Waals surface area contributed by atoms with Crippen LogP contribution in [0.5, 0.6) is 5.75 Å². The number of hydrogen-bond acceptors (Lipinski definition) is 6. The minimum atomic E-state index is -0.576. The average Bonchev–Trinajstić information content (AvgIpc) is 2.65. The molecule has 0 bridgehead atoms. The molecular weight excluding hydrogens is 335 g/mol. The van der Waals surface area contributed by atoms with Crippen LogP contribution in [0.4, 0.5) is 10.2 Å². The third-order valence-electron chi connectivity index (χ3n) is 4.86. The zero-order chi connectivity index (χ0) is 18.1. The first-order chi connectivity index (χ1) is 12.6. The van der Waals surface area contributed by atoms with E-state index in [9.17, 15) is 14.6 Å². The van der Waals surface area contributed by atoms with E-state index in [1.165, 1.54) is 18.2 Å². The van der Waals surface area contributed by atoms with Crippen molar-refractivity contribution in [3.05, 3.63) is 42.5 Å². The molecule has 1 aliphatic rings. The smallest absolute Gasteiger partial charge is 0.157 e. The number of nitrogens with one attached hydrogen (secondary N) is 1. The van der Waals surface area contributed by atoms with E-state index in [-0.39, 0.29) is 23.0 Å². The second-order valence-electron chi connectivity index (χ2n) is 6.56. The Morgan fingerprint density at radius 1 is 1.08 bits per heavy atom. The van der Waals surface area contributed by atoms with Crippen molar-refractivity contribution in [1.29, 1.82) is 0 Å². The van der Waals surface area contributed by atoms with Crippen molar-refractivity contribution in [3.8, 4) is 17.0 Å². The van der Waals surface area contributed by atoms with E-state index in [1.807, 2.05) is 0 Å². The number of rotatable bonds is 3. The molecule has 2 heterocycles. The van der Waals surface area contributed by atoms with Crippen LogP contribution in [-0.2, 0) is 0 Å². The van der Waals surface area contributed by atoms with Gasteiger partial charge in [-0.3, -0.25) is 4.98 Å². The predicted molar refractivity (Wildman–Crippen MR) is 96.3 cm³/mol. The number of phenolic OH excluding ortho intramolecular Hbond substituents is 1. The quantitative estimate of drug-likeness (QED) is 0.669. The maximum absolute atomic E-state index is 14.3. The van der Waals surface area contributed by atoms with Crippen molar-refractivity contribution < 1.29 is 14.6 Å². The maximum atomic E-state index is 14.3. The number of halogens is 1. The normalized spacial score (nSPS) is 20.2. The lowest BCUT2D eigenvalue weighted by atomic mass is 9.92. The van der Waals surface area contributed by atoms with Gasteiger partial charge in [0.05, 0.1) is 17.7 Å². The second-order valence-corrected chi connectivity index (χ2v) is 6.56. The van der Waals surface area contributed by atoms with Crippen LogP contribution in [-0.4, -0.2) is 37.5 Å². The average molecular weight is 354 g/mol. The molecule has 3 N–H and O–H groups in total. The zero-order valence-corrected chi connectivity index (χ0v) is 14.1. The number of fused-ring (bicyclic) bond motifs is 1. The second kappa shape index (κ2) is 6.84. The summed E-state index contributed by atoms with van der Waals surface area (Å²) >= 11 is 0. The van der Waals surface area contributed by atoms with Gasteiger partial charge in [-0.2, -0.15) is 0 Å². The van der Waals surface area contributed by atoms with Gasteiger partial charge in [0.15, 0.2) is 5.82 Å². The Morgan fingerprint density at radius 2 is 1.92 bits per heavy atom. The monoisotopic (exact) mass is 354 g/mol. The van der Waals surface area contributed by atoms with E-state index in [1.54, 1.807) is 18.5 Å². The number of aliphatic hydroxyl groups is 1. The first-order valence-corrected chi connectivity index (χ1v) is 8.68. The molecule has 1 saturated carbocycles. The predicted octanol–water partition coefficient (Wildman–Crippen LogP) is 3.25. The summed E-state index contributed by atoms with van der Waals surface area (Å²) in [4.78, 5) is 4.11. The van der Waals surface area contributed by atoms with Crippen LogP contribution in [0.1, 0.15) is 25.7 Å². The molecular formula is C19H19FN4O2. The minimum Gasteiger partial charge on any atom is -0.507 e. The summed E-state index contributed by atoms with van der Waals surface area (Å²) in [5.41, 5.74) is 0.237. The highest BCUT2D eigenvalue weighted by atomic mass is 19.1. The molecule has 26 heavy (non-hydrogen) atoms. The Labute approximate surface area is 149 Å². The number of aromatic nitrogens is 3. The summed E-state index contributed by atoms with van der Waals surface area (Å²) in [5, 5.41) is 33.2. The third-order valence-corrected chi connectivity index (χ3v) is 4.86. The molecule has 6 nitrogen and oxygen atoms in total. The summed E-state index contributed by atoms with van der Waals surface area (Å²) in [6.07, 6.45) is 6.43. The molecule has 134 valence electrons. The molecule has 3 aromatic rings. The molecule has 0 spiro atoms. The molecule has 0 aliphatic heterocycles. The van der Waals surface area contributed by atoms with Crippen LogP contribution >= 0.6 is 0 Å². The van der Waals surface area contributed by atoms with Crippen LogP contribution < -0.4 is 5.32 Å². The summed E-state index contributed by atoms with van der Waals surface area (Å²) in [5.74, 6) is -0.256. The van der Waals surface area contributed by atoms with Gasteiger partial charge in [-0.25, -0.2) is 4.39 Å². The fourth-order valence-corrected chi connectivity index (χ4v) is 3.49. The number of phenols is 1. The molecule has 1 aliphatic carbocycles. The van der Waals surface area contributed by atoms with Crippen LogP contribution in [0.25, 0.3) is 22.0 Å². The number of aliphatic hydroxyl groups excluding tert-OH is 1. The number of benzene rings is 1. The Morgan fingerprint density at radius 3 is 2.73 bits per heavy atom. The number of nitrogens with zero attached hydrogens (tertiary/aromatic N) is 3. The van der Waals surface area contributed by atoms with Crippen molar-refractivity contribution >= 4 is 16.6 Å². The highest BCUT2D eigenvalue weighted by Crippen LogP contribution is 2.36. The minimum absolute atomic E-state index is 0.00208. The van der Waals surface area contributed by atoms with E-state index in [4.69, 9.17) is 0 Å². The van der Waals surface area contributed by atoms with Crippen LogP contribution in [0.2, 0.25) is 0 Å². The lowest BCUT2D eigenvalue weighted by Gasteiger charge is -2.29. The molecule has 2 atom stereocenters. The van der Waals surface area contributed by atoms with E-state index < -0.39 is 11.9 Å². The fourth-order valence-electron chi connectivity index (χ4n) is 3.49. The van der Waals surface area contributed by atoms with E-state index in [0.717, 1.165) is 25.7 Å². The van der Waals surface area contributed by atoms with Crippen LogP contribution in [0.3, 0.4) is 0 Å².